The second kappa shape index (κ2) is 7.76. The number of halogens is 1. The first-order valence-corrected chi connectivity index (χ1v) is 9.45. The zero-order valence-electron chi connectivity index (χ0n) is 14.5. The number of carbonyl (C=O) groups excluding carboxylic acids is 1. The predicted octanol–water partition coefficient (Wildman–Crippen LogP) is 5.11. The lowest BCUT2D eigenvalue weighted by Crippen LogP contribution is -2.13. The molecule has 0 aliphatic heterocycles. The van der Waals surface area contributed by atoms with Gasteiger partial charge >= 0.3 is 0 Å². The third-order valence-corrected chi connectivity index (χ3v) is 4.83. The molecule has 0 aliphatic rings. The first kappa shape index (κ1) is 17.5. The minimum atomic E-state index is -0.167. The van der Waals surface area contributed by atoms with Crippen LogP contribution in [0.5, 0.6) is 5.75 Å². The molecule has 134 valence electrons. The Balaban J connectivity index is 1.60. The Kier molecular flexibility index (Phi) is 5.03. The Bertz CT molecular complexity index is 1090. The van der Waals surface area contributed by atoms with E-state index in [2.05, 4.69) is 33.0 Å². The summed E-state index contributed by atoms with van der Waals surface area (Å²) in [5.74, 6) is 0.400. The van der Waals surface area contributed by atoms with Crippen molar-refractivity contribution >= 4 is 32.9 Å². The van der Waals surface area contributed by atoms with Gasteiger partial charge in [0.1, 0.15) is 12.1 Å². The average molecular weight is 421 g/mol. The molecular weight excluding hydrogens is 404 g/mol. The molecule has 0 fully saturated rings. The zero-order valence-corrected chi connectivity index (χ0v) is 16.1. The van der Waals surface area contributed by atoms with Gasteiger partial charge in [0.15, 0.2) is 0 Å². The standard InChI is InChI=1S/C22H17BrN2O2/c23-17-10-11-21(27-13-12-16-6-2-1-3-7-16)18(14-17)22(26)25-15-24-19-8-4-5-9-20(19)25/h1-11,14-15H,12-13H2. The second-order valence-corrected chi connectivity index (χ2v) is 7.05. The van der Waals surface area contributed by atoms with Crippen LogP contribution in [0, 0.1) is 0 Å². The number of hydrogen-bond donors (Lipinski definition) is 0. The molecule has 4 rings (SSSR count). The van der Waals surface area contributed by atoms with E-state index in [0.717, 1.165) is 21.9 Å². The summed E-state index contributed by atoms with van der Waals surface area (Å²) in [4.78, 5) is 17.5. The Hall–Kier alpha value is -2.92. The van der Waals surface area contributed by atoms with Gasteiger partial charge in [-0.25, -0.2) is 4.98 Å². The van der Waals surface area contributed by atoms with E-state index in [1.54, 1.807) is 17.0 Å². The fourth-order valence-electron chi connectivity index (χ4n) is 2.97. The Morgan fingerprint density at radius 2 is 1.78 bits per heavy atom. The van der Waals surface area contributed by atoms with Crippen molar-refractivity contribution in [1.29, 1.82) is 0 Å². The molecule has 0 saturated heterocycles. The van der Waals surface area contributed by atoms with Gasteiger partial charge in [-0.15, -0.1) is 0 Å². The molecule has 27 heavy (non-hydrogen) atoms. The minimum absolute atomic E-state index is 0.167. The van der Waals surface area contributed by atoms with Crippen LogP contribution in [0.3, 0.4) is 0 Å². The lowest BCUT2D eigenvalue weighted by atomic mass is 10.1. The van der Waals surface area contributed by atoms with Gasteiger partial charge in [-0.05, 0) is 35.9 Å². The molecule has 0 atom stereocenters. The van der Waals surface area contributed by atoms with Crippen LogP contribution in [0.4, 0.5) is 0 Å². The zero-order chi connectivity index (χ0) is 18.6. The van der Waals surface area contributed by atoms with Crippen molar-refractivity contribution in [3.63, 3.8) is 0 Å². The van der Waals surface area contributed by atoms with Crippen LogP contribution in [0.2, 0.25) is 0 Å². The predicted molar refractivity (Wildman–Crippen MR) is 109 cm³/mol. The van der Waals surface area contributed by atoms with E-state index >= 15 is 0 Å². The van der Waals surface area contributed by atoms with Gasteiger partial charge in [0, 0.05) is 10.9 Å². The maximum absolute atomic E-state index is 13.1. The first-order valence-electron chi connectivity index (χ1n) is 8.65. The fraction of sp³-hybridized carbons (Fsp3) is 0.0909. The molecule has 0 saturated carbocycles. The Morgan fingerprint density at radius 3 is 2.63 bits per heavy atom. The van der Waals surface area contributed by atoms with Gasteiger partial charge in [0.05, 0.1) is 23.2 Å². The van der Waals surface area contributed by atoms with Crippen molar-refractivity contribution in [2.45, 2.75) is 6.42 Å². The highest BCUT2D eigenvalue weighted by Gasteiger charge is 2.17. The van der Waals surface area contributed by atoms with E-state index < -0.39 is 0 Å². The number of ether oxygens (including phenoxy) is 1. The van der Waals surface area contributed by atoms with Gasteiger partial charge in [0.25, 0.3) is 5.91 Å². The molecule has 5 heteroatoms. The van der Waals surface area contributed by atoms with Crippen LogP contribution in [0.1, 0.15) is 15.9 Å². The summed E-state index contributed by atoms with van der Waals surface area (Å²) in [6, 6.07) is 23.2. The summed E-state index contributed by atoms with van der Waals surface area (Å²) < 4.78 is 8.33. The normalized spacial score (nSPS) is 10.9. The molecule has 0 radical (unpaired) electrons. The minimum Gasteiger partial charge on any atom is -0.492 e. The Morgan fingerprint density at radius 1 is 1.00 bits per heavy atom. The monoisotopic (exact) mass is 420 g/mol. The molecule has 0 bridgehead atoms. The average Bonchev–Trinajstić information content (AvgIpc) is 3.13. The summed E-state index contributed by atoms with van der Waals surface area (Å²) in [7, 11) is 0. The van der Waals surface area contributed by atoms with E-state index in [0.29, 0.717) is 17.9 Å². The number of benzene rings is 3. The highest BCUT2D eigenvalue weighted by molar-refractivity contribution is 9.10. The van der Waals surface area contributed by atoms with Crippen molar-refractivity contribution in [3.05, 3.63) is 94.7 Å². The number of rotatable bonds is 5. The number of fused-ring (bicyclic) bond motifs is 1. The molecule has 0 unspecified atom stereocenters. The maximum Gasteiger partial charge on any atom is 0.267 e. The molecule has 0 amide bonds. The van der Waals surface area contributed by atoms with Crippen LogP contribution >= 0.6 is 15.9 Å². The van der Waals surface area contributed by atoms with Gasteiger partial charge in [-0.2, -0.15) is 0 Å². The molecule has 0 aliphatic carbocycles. The number of aromatic nitrogens is 2. The molecule has 0 N–H and O–H groups in total. The first-order chi connectivity index (χ1) is 13.2. The highest BCUT2D eigenvalue weighted by atomic mass is 79.9. The van der Waals surface area contributed by atoms with Crippen molar-refractivity contribution in [2.75, 3.05) is 6.61 Å². The van der Waals surface area contributed by atoms with Gasteiger partial charge in [0.2, 0.25) is 0 Å². The van der Waals surface area contributed by atoms with Gasteiger partial charge in [-0.1, -0.05) is 58.4 Å². The van der Waals surface area contributed by atoms with Crippen LogP contribution in [0.15, 0.2) is 83.6 Å². The van der Waals surface area contributed by atoms with E-state index in [4.69, 9.17) is 4.74 Å². The van der Waals surface area contributed by atoms with Crippen molar-refractivity contribution < 1.29 is 9.53 Å². The molecule has 4 nitrogen and oxygen atoms in total. The Labute approximate surface area is 165 Å². The van der Waals surface area contributed by atoms with Crippen LogP contribution in [-0.4, -0.2) is 22.1 Å². The van der Waals surface area contributed by atoms with E-state index in [1.165, 1.54) is 5.56 Å². The molecular formula is C22H17BrN2O2. The molecule has 4 aromatic rings. The van der Waals surface area contributed by atoms with Crippen molar-refractivity contribution in [2.24, 2.45) is 0 Å². The quantitative estimate of drug-likeness (QED) is 0.450. The number of para-hydroxylation sites is 2. The van der Waals surface area contributed by atoms with Gasteiger partial charge < -0.3 is 4.74 Å². The fourth-order valence-corrected chi connectivity index (χ4v) is 3.33. The summed E-state index contributed by atoms with van der Waals surface area (Å²) in [6.45, 7) is 0.497. The topological polar surface area (TPSA) is 44.1 Å². The third kappa shape index (κ3) is 3.78. The number of carbonyl (C=O) groups is 1. The summed E-state index contributed by atoms with van der Waals surface area (Å²) in [5, 5.41) is 0. The number of nitrogens with zero attached hydrogens (tertiary/aromatic N) is 2. The van der Waals surface area contributed by atoms with Crippen LogP contribution in [-0.2, 0) is 6.42 Å². The van der Waals surface area contributed by atoms with E-state index in [-0.39, 0.29) is 5.91 Å². The third-order valence-electron chi connectivity index (χ3n) is 4.34. The highest BCUT2D eigenvalue weighted by Crippen LogP contribution is 2.26. The van der Waals surface area contributed by atoms with Gasteiger partial charge in [-0.3, -0.25) is 9.36 Å². The van der Waals surface area contributed by atoms with E-state index in [9.17, 15) is 4.79 Å². The summed E-state index contributed by atoms with van der Waals surface area (Å²) in [6.07, 6.45) is 2.33. The second-order valence-electron chi connectivity index (χ2n) is 6.13. The summed E-state index contributed by atoms with van der Waals surface area (Å²) >= 11 is 3.45. The van der Waals surface area contributed by atoms with E-state index in [1.807, 2.05) is 54.6 Å². The van der Waals surface area contributed by atoms with Crippen LogP contribution < -0.4 is 4.74 Å². The maximum atomic E-state index is 13.1. The lowest BCUT2D eigenvalue weighted by molar-refractivity contribution is 0.0960. The SMILES string of the molecule is O=C(c1cc(Br)ccc1OCCc1ccccc1)n1cnc2ccccc21. The molecule has 0 spiro atoms. The molecule has 1 heterocycles. The number of hydrogen-bond acceptors (Lipinski definition) is 3. The molecule has 3 aromatic carbocycles. The number of imidazole rings is 1. The summed E-state index contributed by atoms with van der Waals surface area (Å²) in [5.41, 5.74) is 3.26. The largest absolute Gasteiger partial charge is 0.492 e. The van der Waals surface area contributed by atoms with Crippen molar-refractivity contribution in [1.82, 2.24) is 9.55 Å². The van der Waals surface area contributed by atoms with Crippen molar-refractivity contribution in [3.8, 4) is 5.75 Å². The van der Waals surface area contributed by atoms with Crippen LogP contribution in [0.25, 0.3) is 11.0 Å². The molecule has 1 aromatic heterocycles. The lowest BCUT2D eigenvalue weighted by Gasteiger charge is -2.12. The smallest absolute Gasteiger partial charge is 0.267 e.